The first kappa shape index (κ1) is 20.4. The molecule has 0 aromatic heterocycles. The summed E-state index contributed by atoms with van der Waals surface area (Å²) in [6.07, 6.45) is 0.599. The van der Waals surface area contributed by atoms with E-state index in [9.17, 15) is 14.0 Å². The van der Waals surface area contributed by atoms with Crippen LogP contribution in [-0.2, 0) is 22.4 Å². The maximum absolute atomic E-state index is 13.8. The molecule has 0 aliphatic carbocycles. The van der Waals surface area contributed by atoms with Gasteiger partial charge in [-0.25, -0.2) is 4.39 Å². The molecule has 2 aliphatic heterocycles. The van der Waals surface area contributed by atoms with Gasteiger partial charge in [0.1, 0.15) is 11.9 Å². The van der Waals surface area contributed by atoms with E-state index in [2.05, 4.69) is 5.32 Å². The molecule has 7 heteroatoms. The first-order chi connectivity index (χ1) is 15.4. The molecule has 2 amide bonds. The number of rotatable bonds is 3. The normalized spacial score (nSPS) is 17.4. The summed E-state index contributed by atoms with van der Waals surface area (Å²) in [6.45, 7) is 0. The number of hydrogen-bond donors (Lipinski definition) is 1. The highest BCUT2D eigenvalue weighted by atomic mass is 35.5. The summed E-state index contributed by atoms with van der Waals surface area (Å²) < 4.78 is 13.8. The van der Waals surface area contributed by atoms with Gasteiger partial charge < -0.3 is 10.2 Å². The molecule has 0 spiro atoms. The molecule has 160 valence electrons. The fourth-order valence-electron chi connectivity index (χ4n) is 4.23. The van der Waals surface area contributed by atoms with E-state index in [-0.39, 0.29) is 24.1 Å². The number of likely N-dealkylation sites (N-methyl/N-ethyl adjacent to an activating group) is 1. The Labute approximate surface area is 189 Å². The third-order valence-electron chi connectivity index (χ3n) is 5.80. The fraction of sp³-hybridized carbons (Fsp3) is 0.160. The lowest BCUT2D eigenvalue weighted by molar-refractivity contribution is -0.119. The van der Waals surface area contributed by atoms with E-state index in [1.54, 1.807) is 42.3 Å². The molecule has 2 aliphatic rings. The molecule has 32 heavy (non-hydrogen) atoms. The monoisotopic (exact) mass is 447 g/mol. The van der Waals surface area contributed by atoms with Gasteiger partial charge in [-0.05, 0) is 47.5 Å². The molecule has 3 aromatic carbocycles. The van der Waals surface area contributed by atoms with Crippen LogP contribution in [0.1, 0.15) is 22.3 Å². The summed E-state index contributed by atoms with van der Waals surface area (Å²) in [4.78, 5) is 31.6. The summed E-state index contributed by atoms with van der Waals surface area (Å²) in [5.74, 6) is -0.602. The molecule has 0 saturated carbocycles. The number of nitrogens with zero attached hydrogens (tertiary/aromatic N) is 2. The highest BCUT2D eigenvalue weighted by Gasteiger charge is 2.31. The molecule has 0 bridgehead atoms. The zero-order valence-electron chi connectivity index (χ0n) is 17.2. The Bertz CT molecular complexity index is 1300. The number of carbonyl (C=O) groups is 2. The molecular formula is C25H19ClFN3O2. The molecule has 0 saturated heterocycles. The number of hydrogen-bond acceptors (Lipinski definition) is 3. The van der Waals surface area contributed by atoms with Crippen molar-refractivity contribution in [3.8, 4) is 0 Å². The summed E-state index contributed by atoms with van der Waals surface area (Å²) in [5, 5.41) is 3.39. The first-order valence-corrected chi connectivity index (χ1v) is 10.6. The van der Waals surface area contributed by atoms with E-state index in [0.29, 0.717) is 28.4 Å². The average molecular weight is 448 g/mol. The number of fused-ring (bicyclic) bond motifs is 2. The van der Waals surface area contributed by atoms with Crippen molar-refractivity contribution < 1.29 is 14.0 Å². The van der Waals surface area contributed by atoms with Crippen molar-refractivity contribution in [1.82, 2.24) is 0 Å². The zero-order chi connectivity index (χ0) is 22.4. The van der Waals surface area contributed by atoms with E-state index in [0.717, 1.165) is 22.4 Å². The van der Waals surface area contributed by atoms with E-state index < -0.39 is 6.04 Å². The Morgan fingerprint density at radius 3 is 2.78 bits per heavy atom. The van der Waals surface area contributed by atoms with E-state index in [1.165, 1.54) is 12.1 Å². The molecule has 1 atom stereocenters. The Hall–Kier alpha value is -3.51. The minimum absolute atomic E-state index is 0.0534. The number of benzene rings is 3. The number of amides is 2. The molecule has 1 unspecified atom stereocenters. The van der Waals surface area contributed by atoms with Crippen LogP contribution in [0.15, 0.2) is 65.7 Å². The van der Waals surface area contributed by atoms with Crippen LogP contribution in [0.3, 0.4) is 0 Å². The van der Waals surface area contributed by atoms with E-state index in [4.69, 9.17) is 16.6 Å². The molecule has 3 aromatic rings. The predicted octanol–water partition coefficient (Wildman–Crippen LogP) is 4.40. The van der Waals surface area contributed by atoms with Gasteiger partial charge in [0, 0.05) is 35.3 Å². The Morgan fingerprint density at radius 2 is 1.97 bits per heavy atom. The third-order valence-corrected chi connectivity index (χ3v) is 6.04. The van der Waals surface area contributed by atoms with Crippen LogP contribution in [-0.4, -0.2) is 30.6 Å². The second-order valence-electron chi connectivity index (χ2n) is 7.98. The average Bonchev–Trinajstić information content (AvgIpc) is 3.10. The van der Waals surface area contributed by atoms with Gasteiger partial charge in [-0.1, -0.05) is 35.9 Å². The van der Waals surface area contributed by atoms with Gasteiger partial charge in [-0.2, -0.15) is 0 Å². The van der Waals surface area contributed by atoms with Gasteiger partial charge >= 0.3 is 0 Å². The molecule has 1 N–H and O–H groups in total. The summed E-state index contributed by atoms with van der Waals surface area (Å²) in [5.41, 5.74) is 5.12. The van der Waals surface area contributed by atoms with Crippen molar-refractivity contribution in [2.24, 2.45) is 4.99 Å². The van der Waals surface area contributed by atoms with Crippen LogP contribution in [0.2, 0.25) is 5.02 Å². The summed E-state index contributed by atoms with van der Waals surface area (Å²) in [6, 6.07) is 16.4. The minimum atomic E-state index is -0.745. The van der Waals surface area contributed by atoms with Gasteiger partial charge in [0.05, 0.1) is 17.8 Å². The van der Waals surface area contributed by atoms with Crippen molar-refractivity contribution in [2.45, 2.75) is 18.9 Å². The number of halogens is 2. The smallest absolute Gasteiger partial charge is 0.251 e. The van der Waals surface area contributed by atoms with Gasteiger partial charge in [0.2, 0.25) is 5.91 Å². The Balaban J connectivity index is 1.66. The Morgan fingerprint density at radius 1 is 1.12 bits per heavy atom. The van der Waals surface area contributed by atoms with Gasteiger partial charge in [-0.15, -0.1) is 0 Å². The molecule has 2 heterocycles. The summed E-state index contributed by atoms with van der Waals surface area (Å²) in [7, 11) is 1.70. The van der Waals surface area contributed by atoms with Crippen LogP contribution in [0.25, 0.3) is 0 Å². The topological polar surface area (TPSA) is 61.8 Å². The van der Waals surface area contributed by atoms with Crippen molar-refractivity contribution in [1.29, 1.82) is 0 Å². The van der Waals surface area contributed by atoms with Crippen LogP contribution < -0.4 is 10.2 Å². The number of nitrogens with one attached hydrogen (secondary N) is 1. The van der Waals surface area contributed by atoms with Crippen LogP contribution in [0, 0.1) is 5.82 Å². The second-order valence-corrected chi connectivity index (χ2v) is 8.42. The lowest BCUT2D eigenvalue weighted by Crippen LogP contribution is -2.36. The first-order valence-electron chi connectivity index (χ1n) is 10.2. The van der Waals surface area contributed by atoms with Crippen LogP contribution in [0.5, 0.6) is 0 Å². The third kappa shape index (κ3) is 3.67. The standard InChI is InChI=1S/C25H19ClFN3O2/c1-30-22-8-7-17(26)13-19(22)24(16-6-5-15-12-23(31)28-20(15)11-16)29-21(25(30)32)10-14-3-2-4-18(27)9-14/h2-9,11,13,21H,10,12H2,1H3,(H,28,31). The largest absolute Gasteiger partial charge is 0.326 e. The van der Waals surface area contributed by atoms with Gasteiger partial charge in [-0.3, -0.25) is 14.6 Å². The van der Waals surface area contributed by atoms with Crippen molar-refractivity contribution in [2.75, 3.05) is 17.3 Å². The number of carbonyl (C=O) groups excluding carboxylic acids is 2. The van der Waals surface area contributed by atoms with E-state index in [1.807, 2.05) is 18.2 Å². The second kappa shape index (κ2) is 7.88. The zero-order valence-corrected chi connectivity index (χ0v) is 18.0. The fourth-order valence-corrected chi connectivity index (χ4v) is 4.40. The Kier molecular flexibility index (Phi) is 5.02. The van der Waals surface area contributed by atoms with Crippen molar-refractivity contribution in [3.63, 3.8) is 0 Å². The molecule has 0 radical (unpaired) electrons. The maximum Gasteiger partial charge on any atom is 0.251 e. The van der Waals surface area contributed by atoms with Gasteiger partial charge in [0.25, 0.3) is 5.91 Å². The SMILES string of the molecule is CN1C(=O)C(Cc2cccc(F)c2)N=C(c2ccc3c(c2)NC(=O)C3)c2cc(Cl)ccc21. The molecule has 5 rings (SSSR count). The van der Waals surface area contributed by atoms with Crippen LogP contribution in [0.4, 0.5) is 15.8 Å². The van der Waals surface area contributed by atoms with Crippen LogP contribution >= 0.6 is 11.6 Å². The maximum atomic E-state index is 13.8. The highest BCUT2D eigenvalue weighted by Crippen LogP contribution is 2.33. The number of aliphatic imine (C=N–C) groups is 1. The van der Waals surface area contributed by atoms with Crippen molar-refractivity contribution >= 4 is 40.5 Å². The number of benzodiazepines with no additional fused rings is 1. The lowest BCUT2D eigenvalue weighted by atomic mass is 9.98. The minimum Gasteiger partial charge on any atom is -0.326 e. The highest BCUT2D eigenvalue weighted by molar-refractivity contribution is 6.32. The van der Waals surface area contributed by atoms with E-state index >= 15 is 0 Å². The molecular weight excluding hydrogens is 429 g/mol. The predicted molar refractivity (Wildman–Crippen MR) is 123 cm³/mol. The summed E-state index contributed by atoms with van der Waals surface area (Å²) >= 11 is 6.31. The molecule has 5 nitrogen and oxygen atoms in total. The number of anilines is 2. The lowest BCUT2D eigenvalue weighted by Gasteiger charge is -2.20. The van der Waals surface area contributed by atoms with Gasteiger partial charge in [0.15, 0.2) is 0 Å². The molecule has 0 fully saturated rings. The quantitative estimate of drug-likeness (QED) is 0.647. The van der Waals surface area contributed by atoms with Crippen molar-refractivity contribution in [3.05, 3.63) is 93.8 Å².